The van der Waals surface area contributed by atoms with Crippen molar-refractivity contribution in [1.29, 1.82) is 0 Å². The lowest BCUT2D eigenvalue weighted by Crippen LogP contribution is -2.15. The molecule has 0 aromatic heterocycles. The SMILES string of the molecule is CCC(=O)Nc1cc(NC(=O)c2cc(Br)ccc2OCCC(C)C)ccc1C. The molecule has 0 saturated heterocycles. The molecule has 2 N–H and O–H groups in total. The number of carbonyl (C=O) groups excluding carboxylic acids is 2. The topological polar surface area (TPSA) is 67.4 Å². The van der Waals surface area contributed by atoms with E-state index in [0.717, 1.165) is 16.5 Å². The van der Waals surface area contributed by atoms with Gasteiger partial charge in [0.2, 0.25) is 5.91 Å². The Bertz CT molecular complexity index is 850. The Morgan fingerprint density at radius 1 is 1.11 bits per heavy atom. The molecule has 0 saturated carbocycles. The van der Waals surface area contributed by atoms with Crippen molar-refractivity contribution in [1.82, 2.24) is 0 Å². The lowest BCUT2D eigenvalue weighted by molar-refractivity contribution is -0.115. The molecule has 28 heavy (non-hydrogen) atoms. The standard InChI is InChI=1S/C22H27BrN2O3/c1-5-21(26)25-19-13-17(8-6-15(19)4)24-22(27)18-12-16(23)7-9-20(18)28-11-10-14(2)3/h6-9,12-14H,5,10-11H2,1-4H3,(H,24,27)(H,25,26). The lowest BCUT2D eigenvalue weighted by atomic mass is 10.1. The van der Waals surface area contributed by atoms with E-state index in [1.807, 2.05) is 25.1 Å². The summed E-state index contributed by atoms with van der Waals surface area (Å²) in [6, 6.07) is 10.8. The maximum absolute atomic E-state index is 12.9. The smallest absolute Gasteiger partial charge is 0.259 e. The van der Waals surface area contributed by atoms with E-state index >= 15 is 0 Å². The molecule has 0 aliphatic rings. The third kappa shape index (κ3) is 6.37. The first kappa shape index (κ1) is 22.0. The van der Waals surface area contributed by atoms with Gasteiger partial charge in [0.1, 0.15) is 5.75 Å². The van der Waals surface area contributed by atoms with Gasteiger partial charge in [-0.2, -0.15) is 0 Å². The second kappa shape index (κ2) is 10.3. The van der Waals surface area contributed by atoms with Gasteiger partial charge in [0.25, 0.3) is 5.91 Å². The number of halogens is 1. The summed E-state index contributed by atoms with van der Waals surface area (Å²) in [5.41, 5.74) is 2.68. The number of carbonyl (C=O) groups is 2. The van der Waals surface area contributed by atoms with E-state index in [-0.39, 0.29) is 11.8 Å². The van der Waals surface area contributed by atoms with Crippen LogP contribution in [-0.4, -0.2) is 18.4 Å². The first-order valence-corrected chi connectivity index (χ1v) is 10.2. The highest BCUT2D eigenvalue weighted by molar-refractivity contribution is 9.10. The number of anilines is 2. The van der Waals surface area contributed by atoms with Crippen LogP contribution in [0.1, 0.15) is 49.5 Å². The second-order valence-corrected chi connectivity index (χ2v) is 7.97. The molecule has 0 atom stereocenters. The van der Waals surface area contributed by atoms with Gasteiger partial charge in [0.05, 0.1) is 12.2 Å². The highest BCUT2D eigenvalue weighted by Crippen LogP contribution is 2.26. The zero-order valence-corrected chi connectivity index (χ0v) is 18.4. The van der Waals surface area contributed by atoms with Gasteiger partial charge in [-0.25, -0.2) is 0 Å². The molecule has 0 unspecified atom stereocenters. The number of aryl methyl sites for hydroxylation is 1. The number of ether oxygens (including phenoxy) is 1. The average molecular weight is 447 g/mol. The van der Waals surface area contributed by atoms with Crippen molar-refractivity contribution < 1.29 is 14.3 Å². The van der Waals surface area contributed by atoms with Crippen LogP contribution >= 0.6 is 15.9 Å². The minimum absolute atomic E-state index is 0.0700. The van der Waals surface area contributed by atoms with Crippen LogP contribution in [0.4, 0.5) is 11.4 Å². The predicted molar refractivity (Wildman–Crippen MR) is 117 cm³/mol. The van der Waals surface area contributed by atoms with Crippen LogP contribution in [0.3, 0.4) is 0 Å². The van der Waals surface area contributed by atoms with Crippen LogP contribution in [0, 0.1) is 12.8 Å². The van der Waals surface area contributed by atoms with E-state index in [1.54, 1.807) is 25.1 Å². The average Bonchev–Trinajstić information content (AvgIpc) is 2.65. The summed E-state index contributed by atoms with van der Waals surface area (Å²) in [7, 11) is 0. The van der Waals surface area contributed by atoms with Crippen LogP contribution in [-0.2, 0) is 4.79 Å². The maximum Gasteiger partial charge on any atom is 0.259 e. The van der Waals surface area contributed by atoms with E-state index in [1.165, 1.54) is 0 Å². The van der Waals surface area contributed by atoms with Crippen LogP contribution in [0.15, 0.2) is 40.9 Å². The minimum Gasteiger partial charge on any atom is -0.493 e. The summed E-state index contributed by atoms with van der Waals surface area (Å²) in [6.07, 6.45) is 1.31. The zero-order valence-electron chi connectivity index (χ0n) is 16.8. The summed E-state index contributed by atoms with van der Waals surface area (Å²) in [5, 5.41) is 5.74. The van der Waals surface area contributed by atoms with Crippen LogP contribution in [0.25, 0.3) is 0 Å². The van der Waals surface area contributed by atoms with Crippen molar-refractivity contribution >= 4 is 39.1 Å². The van der Waals surface area contributed by atoms with Gasteiger partial charge in [0.15, 0.2) is 0 Å². The molecule has 0 aliphatic carbocycles. The fourth-order valence-electron chi connectivity index (χ4n) is 2.48. The van der Waals surface area contributed by atoms with Gasteiger partial charge < -0.3 is 15.4 Å². The molecule has 2 aromatic carbocycles. The first-order chi connectivity index (χ1) is 13.3. The molecule has 0 bridgehead atoms. The van der Waals surface area contributed by atoms with Gasteiger partial charge in [0, 0.05) is 22.3 Å². The van der Waals surface area contributed by atoms with E-state index in [0.29, 0.717) is 41.6 Å². The summed E-state index contributed by atoms with van der Waals surface area (Å²) in [4.78, 5) is 24.6. The molecular weight excluding hydrogens is 420 g/mol. The number of hydrogen-bond donors (Lipinski definition) is 2. The number of nitrogens with one attached hydrogen (secondary N) is 2. The van der Waals surface area contributed by atoms with E-state index < -0.39 is 0 Å². The summed E-state index contributed by atoms with van der Waals surface area (Å²) >= 11 is 3.41. The highest BCUT2D eigenvalue weighted by Gasteiger charge is 2.15. The van der Waals surface area contributed by atoms with Crippen molar-refractivity contribution in [3.8, 4) is 5.75 Å². The van der Waals surface area contributed by atoms with Gasteiger partial charge >= 0.3 is 0 Å². The van der Waals surface area contributed by atoms with Crippen molar-refractivity contribution in [2.45, 2.75) is 40.5 Å². The Balaban J connectivity index is 2.19. The number of rotatable bonds is 8. The summed E-state index contributed by atoms with van der Waals surface area (Å²) in [5.74, 6) is 0.738. The fraction of sp³-hybridized carbons (Fsp3) is 0.364. The van der Waals surface area contributed by atoms with Crippen molar-refractivity contribution in [2.75, 3.05) is 17.2 Å². The molecule has 0 aliphatic heterocycles. The van der Waals surface area contributed by atoms with Gasteiger partial charge in [-0.15, -0.1) is 0 Å². The van der Waals surface area contributed by atoms with Crippen LogP contribution < -0.4 is 15.4 Å². The number of benzene rings is 2. The largest absolute Gasteiger partial charge is 0.493 e. The molecule has 2 aromatic rings. The molecule has 6 heteroatoms. The molecule has 0 radical (unpaired) electrons. The van der Waals surface area contributed by atoms with E-state index in [2.05, 4.69) is 40.4 Å². The molecule has 0 heterocycles. The Morgan fingerprint density at radius 2 is 1.86 bits per heavy atom. The fourth-order valence-corrected chi connectivity index (χ4v) is 2.84. The second-order valence-electron chi connectivity index (χ2n) is 7.06. The van der Waals surface area contributed by atoms with Crippen molar-refractivity contribution in [3.63, 3.8) is 0 Å². The maximum atomic E-state index is 12.9. The molecule has 150 valence electrons. The molecule has 0 fully saturated rings. The minimum atomic E-state index is -0.266. The van der Waals surface area contributed by atoms with E-state index in [9.17, 15) is 9.59 Å². The predicted octanol–water partition coefficient (Wildman–Crippen LogP) is 5.78. The third-order valence-electron chi connectivity index (χ3n) is 4.23. The highest BCUT2D eigenvalue weighted by atomic mass is 79.9. The van der Waals surface area contributed by atoms with Gasteiger partial charge in [-0.05, 0) is 55.2 Å². The quantitative estimate of drug-likeness (QED) is 0.539. The molecule has 2 rings (SSSR count). The Kier molecular flexibility index (Phi) is 8.05. The normalized spacial score (nSPS) is 10.6. The Labute approximate surface area is 175 Å². The van der Waals surface area contributed by atoms with E-state index in [4.69, 9.17) is 4.74 Å². The molecule has 2 amide bonds. The van der Waals surface area contributed by atoms with Gasteiger partial charge in [-0.3, -0.25) is 9.59 Å². The summed E-state index contributed by atoms with van der Waals surface area (Å²) in [6.45, 7) is 8.52. The third-order valence-corrected chi connectivity index (χ3v) is 4.72. The van der Waals surface area contributed by atoms with Crippen LogP contribution in [0.2, 0.25) is 0 Å². The lowest BCUT2D eigenvalue weighted by Gasteiger charge is -2.14. The number of amides is 2. The Morgan fingerprint density at radius 3 is 2.54 bits per heavy atom. The van der Waals surface area contributed by atoms with Gasteiger partial charge in [-0.1, -0.05) is 42.8 Å². The monoisotopic (exact) mass is 446 g/mol. The molecule has 5 nitrogen and oxygen atoms in total. The molecular formula is C22H27BrN2O3. The van der Waals surface area contributed by atoms with Crippen molar-refractivity contribution in [3.05, 3.63) is 52.0 Å². The van der Waals surface area contributed by atoms with Crippen molar-refractivity contribution in [2.24, 2.45) is 5.92 Å². The molecule has 0 spiro atoms. The number of hydrogen-bond acceptors (Lipinski definition) is 3. The zero-order chi connectivity index (χ0) is 20.7. The van der Waals surface area contributed by atoms with Crippen LogP contribution in [0.5, 0.6) is 5.75 Å². The summed E-state index contributed by atoms with van der Waals surface area (Å²) < 4.78 is 6.63. The Hall–Kier alpha value is -2.34. The first-order valence-electron chi connectivity index (χ1n) is 9.44.